The van der Waals surface area contributed by atoms with Gasteiger partial charge in [0.25, 0.3) is 5.91 Å². The van der Waals surface area contributed by atoms with Crippen LogP contribution in [0.25, 0.3) is 11.4 Å². The van der Waals surface area contributed by atoms with Crippen molar-refractivity contribution in [1.82, 2.24) is 14.6 Å². The van der Waals surface area contributed by atoms with E-state index in [2.05, 4.69) is 27.2 Å². The van der Waals surface area contributed by atoms with E-state index in [-0.39, 0.29) is 11.7 Å². The second-order valence-corrected chi connectivity index (χ2v) is 7.84. The molecule has 0 fully saturated rings. The Morgan fingerprint density at radius 1 is 0.844 bits per heavy atom. The largest absolute Gasteiger partial charge is 0.318 e. The lowest BCUT2D eigenvalue weighted by Crippen LogP contribution is -2.18. The maximum absolute atomic E-state index is 13.3. The van der Waals surface area contributed by atoms with Crippen LogP contribution in [-0.4, -0.2) is 21.3 Å². The number of halogens is 1. The van der Waals surface area contributed by atoms with E-state index in [1.54, 1.807) is 24.4 Å². The third kappa shape index (κ3) is 4.12. The molecule has 4 rings (SSSR count). The number of aryl methyl sites for hydroxylation is 3. The van der Waals surface area contributed by atoms with E-state index in [1.165, 1.54) is 12.1 Å². The van der Waals surface area contributed by atoms with E-state index in [0.717, 1.165) is 39.7 Å². The summed E-state index contributed by atoms with van der Waals surface area (Å²) in [6.07, 6.45) is 1.63. The zero-order valence-corrected chi connectivity index (χ0v) is 18.6. The number of carbonyl (C=O) groups is 1. The predicted molar refractivity (Wildman–Crippen MR) is 126 cm³/mol. The summed E-state index contributed by atoms with van der Waals surface area (Å²) in [6.45, 7) is 8.01. The van der Waals surface area contributed by atoms with Gasteiger partial charge in [-0.3, -0.25) is 4.79 Å². The van der Waals surface area contributed by atoms with Crippen LogP contribution in [0.2, 0.25) is 0 Å². The van der Waals surface area contributed by atoms with E-state index in [4.69, 9.17) is 0 Å². The first-order valence-corrected chi connectivity index (χ1v) is 10.4. The molecule has 2 heterocycles. The van der Waals surface area contributed by atoms with Gasteiger partial charge in [-0.1, -0.05) is 6.07 Å². The van der Waals surface area contributed by atoms with Crippen LogP contribution in [0.15, 0.2) is 71.8 Å². The minimum atomic E-state index is -0.280. The standard InChI is InChI=1S/C26H25FN4O/c1-17-8-9-18(2)30(17)25-7-5-6-21(15-25)26(32)29-28-16-22-14-19(3)31(20(22)4)24-12-10-23(27)11-13-24/h5-16H,1-4H3,(H,29,32)/b28-16-. The average Bonchev–Trinajstić information content (AvgIpc) is 3.26. The molecule has 0 radical (unpaired) electrons. The molecule has 0 saturated carbocycles. The molecule has 6 heteroatoms. The predicted octanol–water partition coefficient (Wildman–Crippen LogP) is 5.40. The molecule has 0 spiro atoms. The van der Waals surface area contributed by atoms with E-state index in [9.17, 15) is 9.18 Å². The molecule has 1 N–H and O–H groups in total. The van der Waals surface area contributed by atoms with E-state index < -0.39 is 0 Å². The zero-order valence-electron chi connectivity index (χ0n) is 18.6. The fourth-order valence-electron chi connectivity index (χ4n) is 3.99. The first kappa shape index (κ1) is 21.3. The van der Waals surface area contributed by atoms with Crippen LogP contribution in [0.1, 0.15) is 38.7 Å². The monoisotopic (exact) mass is 428 g/mol. The molecule has 0 aliphatic rings. The van der Waals surface area contributed by atoms with Gasteiger partial charge in [-0.2, -0.15) is 5.10 Å². The number of carbonyl (C=O) groups excluding carboxylic acids is 1. The van der Waals surface area contributed by atoms with Crippen molar-refractivity contribution in [2.45, 2.75) is 27.7 Å². The van der Waals surface area contributed by atoms with Gasteiger partial charge in [0.2, 0.25) is 0 Å². The molecule has 1 amide bonds. The van der Waals surface area contributed by atoms with Crippen molar-refractivity contribution in [3.8, 4) is 11.4 Å². The van der Waals surface area contributed by atoms with Crippen LogP contribution in [-0.2, 0) is 0 Å². The van der Waals surface area contributed by atoms with Crippen molar-refractivity contribution in [3.05, 3.63) is 106 Å². The van der Waals surface area contributed by atoms with Crippen molar-refractivity contribution in [1.29, 1.82) is 0 Å². The highest BCUT2D eigenvalue weighted by atomic mass is 19.1. The van der Waals surface area contributed by atoms with Crippen LogP contribution in [0.4, 0.5) is 4.39 Å². The molecule has 4 aromatic rings. The molecule has 0 bridgehead atoms. The molecular weight excluding hydrogens is 403 g/mol. The Hall–Kier alpha value is -3.93. The quantitative estimate of drug-likeness (QED) is 0.336. The molecule has 2 aromatic carbocycles. The minimum Gasteiger partial charge on any atom is -0.318 e. The third-order valence-corrected chi connectivity index (χ3v) is 5.56. The number of amides is 1. The fourth-order valence-corrected chi connectivity index (χ4v) is 3.99. The van der Waals surface area contributed by atoms with Crippen LogP contribution >= 0.6 is 0 Å². The molecule has 5 nitrogen and oxygen atoms in total. The lowest BCUT2D eigenvalue weighted by molar-refractivity contribution is 0.0955. The molecule has 0 atom stereocenters. The van der Waals surface area contributed by atoms with Crippen LogP contribution in [0, 0.1) is 33.5 Å². The maximum atomic E-state index is 13.3. The summed E-state index contributed by atoms with van der Waals surface area (Å²) < 4.78 is 17.4. The van der Waals surface area contributed by atoms with Crippen molar-refractivity contribution in [2.75, 3.05) is 0 Å². The molecule has 0 unspecified atom stereocenters. The number of aromatic nitrogens is 2. The highest BCUT2D eigenvalue weighted by Gasteiger charge is 2.11. The minimum absolute atomic E-state index is 0.271. The molecule has 0 aliphatic heterocycles. The van der Waals surface area contributed by atoms with Crippen LogP contribution in [0.3, 0.4) is 0 Å². The molecule has 32 heavy (non-hydrogen) atoms. The van der Waals surface area contributed by atoms with Gasteiger partial charge in [0.15, 0.2) is 0 Å². The molecule has 162 valence electrons. The number of rotatable bonds is 5. The van der Waals surface area contributed by atoms with E-state index in [1.807, 2.05) is 56.5 Å². The van der Waals surface area contributed by atoms with Crippen molar-refractivity contribution in [2.24, 2.45) is 5.10 Å². The smallest absolute Gasteiger partial charge is 0.271 e. The fraction of sp³-hybridized carbons (Fsp3) is 0.154. The molecule has 2 aromatic heterocycles. The van der Waals surface area contributed by atoms with Gasteiger partial charge in [0.1, 0.15) is 5.82 Å². The van der Waals surface area contributed by atoms with Gasteiger partial charge in [0, 0.05) is 45.3 Å². The topological polar surface area (TPSA) is 51.3 Å². The Morgan fingerprint density at radius 3 is 2.22 bits per heavy atom. The summed E-state index contributed by atoms with van der Waals surface area (Å²) in [4.78, 5) is 12.7. The Labute approximate surface area is 186 Å². The van der Waals surface area contributed by atoms with Crippen molar-refractivity contribution >= 4 is 12.1 Å². The van der Waals surface area contributed by atoms with E-state index in [0.29, 0.717) is 5.56 Å². The van der Waals surface area contributed by atoms with Crippen LogP contribution < -0.4 is 5.43 Å². The first-order chi connectivity index (χ1) is 15.3. The number of nitrogens with zero attached hydrogens (tertiary/aromatic N) is 3. The zero-order chi connectivity index (χ0) is 22.8. The van der Waals surface area contributed by atoms with Gasteiger partial charge >= 0.3 is 0 Å². The highest BCUT2D eigenvalue weighted by molar-refractivity contribution is 5.95. The number of nitrogens with one attached hydrogen (secondary N) is 1. The second-order valence-electron chi connectivity index (χ2n) is 7.84. The lowest BCUT2D eigenvalue weighted by atomic mass is 10.2. The molecule has 0 aliphatic carbocycles. The number of hydrogen-bond acceptors (Lipinski definition) is 2. The Morgan fingerprint density at radius 2 is 1.53 bits per heavy atom. The number of hydrogen-bond donors (Lipinski definition) is 1. The van der Waals surface area contributed by atoms with Gasteiger partial charge in [-0.25, -0.2) is 9.82 Å². The average molecular weight is 429 g/mol. The number of hydrazone groups is 1. The van der Waals surface area contributed by atoms with E-state index >= 15 is 0 Å². The number of benzene rings is 2. The van der Waals surface area contributed by atoms with Crippen LogP contribution in [0.5, 0.6) is 0 Å². The summed E-state index contributed by atoms with van der Waals surface area (Å²) in [5.41, 5.74) is 9.98. The highest BCUT2D eigenvalue weighted by Crippen LogP contribution is 2.20. The second kappa shape index (κ2) is 8.67. The van der Waals surface area contributed by atoms with Gasteiger partial charge in [0.05, 0.1) is 6.21 Å². The Bertz CT molecular complexity index is 1290. The summed E-state index contributed by atoms with van der Waals surface area (Å²) in [6, 6.07) is 19.9. The normalized spacial score (nSPS) is 11.3. The SMILES string of the molecule is Cc1ccc(C)n1-c1cccc(C(=O)N/N=C\c2cc(C)n(-c3ccc(F)cc3)c2C)c1. The third-order valence-electron chi connectivity index (χ3n) is 5.56. The van der Waals surface area contributed by atoms with Gasteiger partial charge in [-0.05, 0) is 88.4 Å². The van der Waals surface area contributed by atoms with Gasteiger partial charge < -0.3 is 9.13 Å². The summed E-state index contributed by atoms with van der Waals surface area (Å²) >= 11 is 0. The summed E-state index contributed by atoms with van der Waals surface area (Å²) in [5.74, 6) is -0.551. The summed E-state index contributed by atoms with van der Waals surface area (Å²) in [5, 5.41) is 4.16. The Balaban J connectivity index is 1.52. The molecular formula is C26H25FN4O. The Kier molecular flexibility index (Phi) is 5.77. The van der Waals surface area contributed by atoms with Crippen molar-refractivity contribution < 1.29 is 9.18 Å². The van der Waals surface area contributed by atoms with Gasteiger partial charge in [-0.15, -0.1) is 0 Å². The lowest BCUT2D eigenvalue weighted by Gasteiger charge is -2.10. The molecule has 0 saturated heterocycles. The maximum Gasteiger partial charge on any atom is 0.271 e. The van der Waals surface area contributed by atoms with Crippen molar-refractivity contribution in [3.63, 3.8) is 0 Å². The first-order valence-electron chi connectivity index (χ1n) is 10.4. The summed E-state index contributed by atoms with van der Waals surface area (Å²) in [7, 11) is 0.